The van der Waals surface area contributed by atoms with E-state index in [0.29, 0.717) is 0 Å². The predicted octanol–water partition coefficient (Wildman–Crippen LogP) is 3.84. The van der Waals surface area contributed by atoms with Crippen molar-refractivity contribution in [2.45, 2.75) is 33.2 Å². The van der Waals surface area contributed by atoms with Gasteiger partial charge in [-0.2, -0.15) is 0 Å². The van der Waals surface area contributed by atoms with Gasteiger partial charge in [0.15, 0.2) is 0 Å². The van der Waals surface area contributed by atoms with Crippen molar-refractivity contribution in [2.75, 3.05) is 13.6 Å². The molecule has 0 aliphatic heterocycles. The van der Waals surface area contributed by atoms with E-state index in [4.69, 9.17) is 11.6 Å². The number of thiophene rings is 1. The Morgan fingerprint density at radius 2 is 2.06 bits per heavy atom. The Morgan fingerprint density at radius 1 is 1.41 bits per heavy atom. The first-order chi connectivity index (χ1) is 8.05. The summed E-state index contributed by atoms with van der Waals surface area (Å²) in [6.07, 6.45) is 2.90. The lowest BCUT2D eigenvalue weighted by Gasteiger charge is -2.30. The summed E-state index contributed by atoms with van der Waals surface area (Å²) in [7, 11) is 2.05. The van der Waals surface area contributed by atoms with Crippen molar-refractivity contribution in [3.05, 3.63) is 21.3 Å². The molecule has 0 fully saturated rings. The van der Waals surface area contributed by atoms with Crippen molar-refractivity contribution >= 4 is 29.2 Å². The van der Waals surface area contributed by atoms with E-state index in [1.165, 1.54) is 4.88 Å². The zero-order valence-corrected chi connectivity index (χ0v) is 12.3. The molecule has 0 atom stereocenters. The first kappa shape index (κ1) is 14.7. The van der Waals surface area contributed by atoms with E-state index in [9.17, 15) is 4.79 Å². The van der Waals surface area contributed by atoms with Gasteiger partial charge in [0.2, 0.25) is 0 Å². The topological polar surface area (TPSA) is 20.3 Å². The van der Waals surface area contributed by atoms with Gasteiger partial charge in [0, 0.05) is 23.4 Å². The molecule has 0 spiro atoms. The van der Waals surface area contributed by atoms with E-state index in [2.05, 4.69) is 25.8 Å². The summed E-state index contributed by atoms with van der Waals surface area (Å²) in [6, 6.07) is 3.96. The number of aldehydes is 1. The molecule has 0 amide bonds. The van der Waals surface area contributed by atoms with E-state index < -0.39 is 0 Å². The Morgan fingerprint density at radius 3 is 2.47 bits per heavy atom. The maximum atomic E-state index is 11.2. The van der Waals surface area contributed by atoms with Gasteiger partial charge in [-0.05, 0) is 32.0 Å². The molecule has 4 heteroatoms. The minimum Gasteiger partial charge on any atom is -0.303 e. The third-order valence-electron chi connectivity index (χ3n) is 3.30. The number of rotatable bonds is 7. The molecular weight excluding hydrogens is 254 g/mol. The largest absolute Gasteiger partial charge is 0.303 e. The fourth-order valence-electron chi connectivity index (χ4n) is 1.97. The molecule has 0 N–H and O–H groups in total. The molecular formula is C13H20ClNOS. The number of carbonyl (C=O) groups excluding carboxylic acids is 1. The predicted molar refractivity (Wildman–Crippen MR) is 74.7 cm³/mol. The monoisotopic (exact) mass is 273 g/mol. The Bertz CT molecular complexity index is 360. The molecule has 0 unspecified atom stereocenters. The Hall–Kier alpha value is -0.380. The summed E-state index contributed by atoms with van der Waals surface area (Å²) in [6.45, 7) is 5.81. The zero-order valence-electron chi connectivity index (χ0n) is 10.7. The molecule has 1 aromatic rings. The van der Waals surface area contributed by atoms with Gasteiger partial charge in [0.05, 0.1) is 4.34 Å². The summed E-state index contributed by atoms with van der Waals surface area (Å²) in [5.74, 6) is 0. The molecule has 1 aromatic heterocycles. The molecule has 0 aromatic carbocycles. The molecule has 0 radical (unpaired) electrons. The zero-order chi connectivity index (χ0) is 12.9. The molecule has 1 heterocycles. The van der Waals surface area contributed by atoms with Gasteiger partial charge in [-0.1, -0.05) is 25.4 Å². The maximum Gasteiger partial charge on any atom is 0.127 e. The maximum absolute atomic E-state index is 11.2. The lowest BCUT2D eigenvalue weighted by Crippen LogP contribution is -2.35. The molecule has 0 saturated heterocycles. The standard InChI is InChI=1S/C13H20ClNOS/c1-4-13(5-2,10-16)9-15(3)8-11-6-7-12(14)17-11/h6-7,10H,4-5,8-9H2,1-3H3. The number of hydrogen-bond acceptors (Lipinski definition) is 3. The first-order valence-electron chi connectivity index (χ1n) is 5.94. The van der Waals surface area contributed by atoms with Crippen molar-refractivity contribution < 1.29 is 4.79 Å². The van der Waals surface area contributed by atoms with Gasteiger partial charge in [-0.25, -0.2) is 0 Å². The van der Waals surface area contributed by atoms with Crippen LogP contribution in [0.1, 0.15) is 31.6 Å². The van der Waals surface area contributed by atoms with Crippen LogP contribution in [0.5, 0.6) is 0 Å². The molecule has 17 heavy (non-hydrogen) atoms. The van der Waals surface area contributed by atoms with Crippen LogP contribution in [0.4, 0.5) is 0 Å². The fraction of sp³-hybridized carbons (Fsp3) is 0.615. The lowest BCUT2D eigenvalue weighted by atomic mass is 9.83. The van der Waals surface area contributed by atoms with Crippen LogP contribution >= 0.6 is 22.9 Å². The van der Waals surface area contributed by atoms with Gasteiger partial charge in [-0.15, -0.1) is 11.3 Å². The third kappa shape index (κ3) is 4.09. The lowest BCUT2D eigenvalue weighted by molar-refractivity contribution is -0.117. The molecule has 0 aliphatic rings. The van der Waals surface area contributed by atoms with E-state index in [1.54, 1.807) is 11.3 Å². The second-order valence-corrected chi connectivity index (χ2v) is 6.37. The van der Waals surface area contributed by atoms with Gasteiger partial charge in [0.25, 0.3) is 0 Å². The number of halogens is 1. The minimum absolute atomic E-state index is 0.199. The van der Waals surface area contributed by atoms with Gasteiger partial charge in [-0.3, -0.25) is 0 Å². The quantitative estimate of drug-likeness (QED) is 0.704. The molecule has 0 bridgehead atoms. The SMILES string of the molecule is CCC(C=O)(CC)CN(C)Cc1ccc(Cl)s1. The van der Waals surface area contributed by atoms with Gasteiger partial charge >= 0.3 is 0 Å². The number of carbonyl (C=O) groups is 1. The highest BCUT2D eigenvalue weighted by Gasteiger charge is 2.27. The van der Waals surface area contributed by atoms with E-state index in [1.807, 2.05) is 12.1 Å². The van der Waals surface area contributed by atoms with Crippen LogP contribution in [-0.2, 0) is 11.3 Å². The van der Waals surface area contributed by atoms with E-state index >= 15 is 0 Å². The van der Waals surface area contributed by atoms with Crippen molar-refractivity contribution in [1.29, 1.82) is 0 Å². The Labute approximate surface area is 113 Å². The van der Waals surface area contributed by atoms with Crippen LogP contribution in [0.15, 0.2) is 12.1 Å². The van der Waals surface area contributed by atoms with Gasteiger partial charge in [0.1, 0.15) is 6.29 Å². The average molecular weight is 274 g/mol. The Balaban J connectivity index is 2.59. The number of hydrogen-bond donors (Lipinski definition) is 0. The third-order valence-corrected chi connectivity index (χ3v) is 4.51. The van der Waals surface area contributed by atoms with Crippen LogP contribution in [0.25, 0.3) is 0 Å². The summed E-state index contributed by atoms with van der Waals surface area (Å²) in [4.78, 5) is 14.7. The van der Waals surface area contributed by atoms with Crippen molar-refractivity contribution in [3.8, 4) is 0 Å². The van der Waals surface area contributed by atoms with Crippen molar-refractivity contribution in [2.24, 2.45) is 5.41 Å². The van der Waals surface area contributed by atoms with Crippen molar-refractivity contribution in [1.82, 2.24) is 4.90 Å². The highest BCUT2D eigenvalue weighted by molar-refractivity contribution is 7.16. The van der Waals surface area contributed by atoms with Crippen molar-refractivity contribution in [3.63, 3.8) is 0 Å². The normalized spacial score (nSPS) is 12.1. The molecule has 2 nitrogen and oxygen atoms in total. The minimum atomic E-state index is -0.199. The second kappa shape index (κ2) is 6.53. The molecule has 0 saturated carbocycles. The van der Waals surface area contributed by atoms with Crippen LogP contribution in [0.2, 0.25) is 4.34 Å². The number of nitrogens with zero attached hydrogens (tertiary/aromatic N) is 1. The highest BCUT2D eigenvalue weighted by Crippen LogP contribution is 2.27. The average Bonchev–Trinajstić information content (AvgIpc) is 2.72. The molecule has 1 rings (SSSR count). The fourth-order valence-corrected chi connectivity index (χ4v) is 3.14. The highest BCUT2D eigenvalue weighted by atomic mass is 35.5. The summed E-state index contributed by atoms with van der Waals surface area (Å²) < 4.78 is 0.820. The smallest absolute Gasteiger partial charge is 0.127 e. The van der Waals surface area contributed by atoms with E-state index in [-0.39, 0.29) is 5.41 Å². The molecule has 96 valence electrons. The molecule has 0 aliphatic carbocycles. The first-order valence-corrected chi connectivity index (χ1v) is 7.13. The van der Waals surface area contributed by atoms with Gasteiger partial charge < -0.3 is 9.69 Å². The van der Waals surface area contributed by atoms with Crippen LogP contribution < -0.4 is 0 Å². The van der Waals surface area contributed by atoms with Crippen LogP contribution in [-0.4, -0.2) is 24.8 Å². The van der Waals surface area contributed by atoms with E-state index in [0.717, 1.165) is 36.6 Å². The summed E-state index contributed by atoms with van der Waals surface area (Å²) in [5, 5.41) is 0. The second-order valence-electron chi connectivity index (χ2n) is 4.57. The summed E-state index contributed by atoms with van der Waals surface area (Å²) >= 11 is 7.50. The van der Waals surface area contributed by atoms with Crippen LogP contribution in [0.3, 0.4) is 0 Å². The van der Waals surface area contributed by atoms with Crippen LogP contribution in [0, 0.1) is 5.41 Å². The Kier molecular flexibility index (Phi) is 5.63. The summed E-state index contributed by atoms with van der Waals surface area (Å²) in [5.41, 5.74) is -0.199.